The Balaban J connectivity index is 1.87. The maximum absolute atomic E-state index is 13.0. The monoisotopic (exact) mass is 468 g/mol. The lowest BCUT2D eigenvalue weighted by molar-refractivity contribution is 0.0843. The Hall–Kier alpha value is -3.61. The van der Waals surface area contributed by atoms with E-state index in [1.54, 1.807) is 6.07 Å². The van der Waals surface area contributed by atoms with Crippen LogP contribution in [0.3, 0.4) is 0 Å². The van der Waals surface area contributed by atoms with Crippen LogP contribution in [0, 0.1) is 0 Å². The molecule has 0 fully saturated rings. The van der Waals surface area contributed by atoms with Crippen LogP contribution in [0.5, 0.6) is 34.5 Å². The number of rotatable bonds is 8. The number of fused-ring (bicyclic) bond motifs is 1. The first-order valence-corrected chi connectivity index (χ1v) is 11.2. The van der Waals surface area contributed by atoms with E-state index < -0.39 is 6.10 Å². The molecule has 3 N–H and O–H groups in total. The van der Waals surface area contributed by atoms with Gasteiger partial charge in [-0.1, -0.05) is 23.3 Å². The Labute approximate surface area is 199 Å². The Bertz CT molecular complexity index is 1140. The highest BCUT2D eigenvalue weighted by Crippen LogP contribution is 2.47. The number of ether oxygens (including phenoxy) is 3. The molecule has 0 saturated carbocycles. The number of hydrogen-bond donors (Lipinski definition) is 3. The van der Waals surface area contributed by atoms with Crippen molar-refractivity contribution in [3.8, 4) is 34.5 Å². The molecule has 2 aromatic carbocycles. The summed E-state index contributed by atoms with van der Waals surface area (Å²) < 4.78 is 16.4. The van der Waals surface area contributed by atoms with Gasteiger partial charge in [-0.25, -0.2) is 0 Å². The summed E-state index contributed by atoms with van der Waals surface area (Å²) in [4.78, 5) is 13.0. The molecule has 1 atom stereocenters. The zero-order valence-corrected chi connectivity index (χ0v) is 20.3. The van der Waals surface area contributed by atoms with Gasteiger partial charge in [0, 0.05) is 17.2 Å². The number of phenolic OH excluding ortho intramolecular Hbond substituents is 3. The summed E-state index contributed by atoms with van der Waals surface area (Å²) in [5.74, 6) is -0.297. The Morgan fingerprint density at radius 3 is 2.44 bits per heavy atom. The van der Waals surface area contributed by atoms with Gasteiger partial charge in [-0.15, -0.1) is 0 Å². The Morgan fingerprint density at radius 2 is 1.79 bits per heavy atom. The van der Waals surface area contributed by atoms with Gasteiger partial charge in [0.1, 0.15) is 28.9 Å². The maximum Gasteiger partial charge on any atom is 0.203 e. The minimum atomic E-state index is -0.729. The summed E-state index contributed by atoms with van der Waals surface area (Å²) in [5.41, 5.74) is 3.25. The predicted molar refractivity (Wildman–Crippen MR) is 129 cm³/mol. The fourth-order valence-electron chi connectivity index (χ4n) is 4.01. The van der Waals surface area contributed by atoms with Crippen LogP contribution in [0.2, 0.25) is 0 Å². The topological polar surface area (TPSA) is 105 Å². The lowest BCUT2D eigenvalue weighted by Gasteiger charge is -2.27. The lowest BCUT2D eigenvalue weighted by Crippen LogP contribution is -2.21. The van der Waals surface area contributed by atoms with Crippen LogP contribution in [0.1, 0.15) is 67.6 Å². The van der Waals surface area contributed by atoms with Gasteiger partial charge < -0.3 is 29.5 Å². The zero-order chi connectivity index (χ0) is 25.0. The van der Waals surface area contributed by atoms with Crippen molar-refractivity contribution in [2.75, 3.05) is 14.2 Å². The molecule has 1 aliphatic rings. The minimum absolute atomic E-state index is 0.0444. The van der Waals surface area contributed by atoms with Gasteiger partial charge >= 0.3 is 0 Å². The summed E-state index contributed by atoms with van der Waals surface area (Å²) in [6.07, 6.45) is 5.43. The van der Waals surface area contributed by atoms with Crippen molar-refractivity contribution >= 4 is 5.78 Å². The molecule has 34 heavy (non-hydrogen) atoms. The van der Waals surface area contributed by atoms with E-state index in [-0.39, 0.29) is 46.5 Å². The standard InChI is InChI=1S/C27H32O7/c1-15(2)7-6-8-16(3)9-10-18-19(28)13-23-25(26(18)31)20(29)14-22(34-23)17-11-21(30)27(33-5)24(12-17)32-4/h7,9,11-13,22,28,30-31H,6,8,10,14H2,1-5H3/b16-9+/t22-/m0/s1. The number of benzene rings is 2. The molecule has 1 aliphatic heterocycles. The number of carbonyl (C=O) groups excluding carboxylic acids is 1. The molecule has 3 rings (SSSR count). The van der Waals surface area contributed by atoms with E-state index in [2.05, 4.69) is 19.9 Å². The van der Waals surface area contributed by atoms with Crippen molar-refractivity contribution < 1.29 is 34.3 Å². The maximum atomic E-state index is 13.0. The highest BCUT2D eigenvalue weighted by atomic mass is 16.5. The number of methoxy groups -OCH3 is 2. The van der Waals surface area contributed by atoms with Gasteiger partial charge in [0.25, 0.3) is 0 Å². The number of Topliss-reactive ketones (excluding diaryl/α,β-unsaturated/α-hetero) is 1. The molecule has 0 aromatic heterocycles. The van der Waals surface area contributed by atoms with Gasteiger partial charge in [0.05, 0.1) is 20.6 Å². The van der Waals surface area contributed by atoms with Crippen molar-refractivity contribution in [3.63, 3.8) is 0 Å². The number of aromatic hydroxyl groups is 3. The van der Waals surface area contributed by atoms with Gasteiger partial charge in [-0.05, 0) is 52.2 Å². The van der Waals surface area contributed by atoms with Crippen LogP contribution >= 0.6 is 0 Å². The zero-order valence-electron chi connectivity index (χ0n) is 20.3. The van der Waals surface area contributed by atoms with Crippen LogP contribution in [0.4, 0.5) is 0 Å². The number of carbonyl (C=O) groups is 1. The van der Waals surface area contributed by atoms with Crippen LogP contribution in [0.15, 0.2) is 41.5 Å². The third-order valence-corrected chi connectivity index (χ3v) is 5.86. The van der Waals surface area contributed by atoms with E-state index >= 15 is 0 Å². The van der Waals surface area contributed by atoms with Gasteiger partial charge in [0.2, 0.25) is 5.75 Å². The van der Waals surface area contributed by atoms with E-state index in [1.807, 2.05) is 13.0 Å². The van der Waals surface area contributed by atoms with Gasteiger partial charge in [-0.3, -0.25) is 4.79 Å². The molecule has 1 heterocycles. The molecule has 7 heteroatoms. The highest BCUT2D eigenvalue weighted by molar-refractivity contribution is 6.03. The fourth-order valence-corrected chi connectivity index (χ4v) is 4.01. The first-order chi connectivity index (χ1) is 16.2. The number of phenols is 3. The third kappa shape index (κ3) is 5.30. The molecule has 0 spiro atoms. The minimum Gasteiger partial charge on any atom is -0.507 e. The van der Waals surface area contributed by atoms with E-state index in [1.165, 1.54) is 31.9 Å². The number of ketones is 1. The van der Waals surface area contributed by atoms with Crippen molar-refractivity contribution in [3.05, 3.63) is 58.2 Å². The van der Waals surface area contributed by atoms with Gasteiger partial charge in [-0.2, -0.15) is 0 Å². The molecule has 0 unspecified atom stereocenters. The van der Waals surface area contributed by atoms with Crippen molar-refractivity contribution in [1.82, 2.24) is 0 Å². The average molecular weight is 469 g/mol. The highest BCUT2D eigenvalue weighted by Gasteiger charge is 2.33. The third-order valence-electron chi connectivity index (χ3n) is 5.86. The quantitative estimate of drug-likeness (QED) is 0.423. The second-order valence-corrected chi connectivity index (χ2v) is 8.68. The number of allylic oxidation sites excluding steroid dienone is 4. The van der Waals surface area contributed by atoms with Crippen molar-refractivity contribution in [1.29, 1.82) is 0 Å². The number of hydrogen-bond acceptors (Lipinski definition) is 7. The molecule has 0 bridgehead atoms. The molecule has 0 aliphatic carbocycles. The van der Waals surface area contributed by atoms with Crippen LogP contribution in [0.25, 0.3) is 0 Å². The largest absolute Gasteiger partial charge is 0.507 e. The fraction of sp³-hybridized carbons (Fsp3) is 0.370. The van der Waals surface area contributed by atoms with E-state index in [4.69, 9.17) is 14.2 Å². The summed E-state index contributed by atoms with van der Waals surface area (Å²) in [6.45, 7) is 6.11. The summed E-state index contributed by atoms with van der Waals surface area (Å²) in [7, 11) is 2.86. The van der Waals surface area contributed by atoms with Crippen LogP contribution < -0.4 is 14.2 Å². The first kappa shape index (κ1) is 25.0. The molecule has 182 valence electrons. The Kier molecular flexibility index (Phi) is 7.76. The van der Waals surface area contributed by atoms with E-state index in [0.29, 0.717) is 23.3 Å². The SMILES string of the molecule is COc1cc([C@@H]2CC(=O)c3c(cc(O)c(C/C=C(\C)CCC=C(C)C)c3O)O2)cc(O)c1OC. The molecule has 0 saturated heterocycles. The summed E-state index contributed by atoms with van der Waals surface area (Å²) >= 11 is 0. The molecule has 7 nitrogen and oxygen atoms in total. The second-order valence-electron chi connectivity index (χ2n) is 8.68. The van der Waals surface area contributed by atoms with Crippen LogP contribution in [-0.2, 0) is 6.42 Å². The van der Waals surface area contributed by atoms with E-state index in [9.17, 15) is 20.1 Å². The molecule has 0 amide bonds. The van der Waals surface area contributed by atoms with Crippen molar-refractivity contribution in [2.24, 2.45) is 0 Å². The van der Waals surface area contributed by atoms with Crippen molar-refractivity contribution in [2.45, 2.75) is 52.6 Å². The molecule has 0 radical (unpaired) electrons. The van der Waals surface area contributed by atoms with Gasteiger partial charge in [0.15, 0.2) is 17.3 Å². The summed E-state index contributed by atoms with van der Waals surface area (Å²) in [6, 6.07) is 4.43. The first-order valence-electron chi connectivity index (χ1n) is 11.2. The normalized spacial score (nSPS) is 15.4. The molecule has 2 aromatic rings. The predicted octanol–water partition coefficient (Wildman–Crippen LogP) is 5.76. The molecular weight excluding hydrogens is 436 g/mol. The summed E-state index contributed by atoms with van der Waals surface area (Å²) in [5, 5.41) is 31.7. The Morgan fingerprint density at radius 1 is 1.06 bits per heavy atom. The lowest BCUT2D eigenvalue weighted by atomic mass is 9.92. The van der Waals surface area contributed by atoms with Crippen LogP contribution in [-0.4, -0.2) is 35.3 Å². The average Bonchev–Trinajstić information content (AvgIpc) is 2.77. The smallest absolute Gasteiger partial charge is 0.203 e. The second kappa shape index (κ2) is 10.5. The molecular formula is C27H32O7. The van der Waals surface area contributed by atoms with E-state index in [0.717, 1.165) is 18.4 Å².